The van der Waals surface area contributed by atoms with Gasteiger partial charge in [-0.2, -0.15) is 0 Å². The number of nitrogens with one attached hydrogen (secondary N) is 2. The maximum atomic E-state index is 12.0. The van der Waals surface area contributed by atoms with E-state index in [2.05, 4.69) is 10.6 Å². The summed E-state index contributed by atoms with van der Waals surface area (Å²) in [5.74, 6) is 0.542. The zero-order valence-corrected chi connectivity index (χ0v) is 12.3. The van der Waals surface area contributed by atoms with Gasteiger partial charge in [-0.3, -0.25) is 9.59 Å². The summed E-state index contributed by atoms with van der Waals surface area (Å²) >= 11 is 0. The monoisotopic (exact) mass is 294 g/mol. The SMILES string of the molecule is O=C(Nc1cccc2c(NC(=O)C3CC3)cccc12)C1CC1. The molecule has 0 atom stereocenters. The maximum absolute atomic E-state index is 12.0. The van der Waals surface area contributed by atoms with Gasteiger partial charge in [-0.25, -0.2) is 0 Å². The third kappa shape index (κ3) is 2.56. The average Bonchev–Trinajstić information content (AvgIpc) is 3.41. The second-order valence-corrected chi connectivity index (χ2v) is 6.23. The van der Waals surface area contributed by atoms with E-state index in [4.69, 9.17) is 0 Å². The molecule has 0 unspecified atom stereocenters. The van der Waals surface area contributed by atoms with E-state index in [9.17, 15) is 9.59 Å². The molecule has 4 heteroatoms. The van der Waals surface area contributed by atoms with Crippen molar-refractivity contribution in [1.29, 1.82) is 0 Å². The maximum Gasteiger partial charge on any atom is 0.227 e. The van der Waals surface area contributed by atoms with E-state index in [1.54, 1.807) is 0 Å². The van der Waals surface area contributed by atoms with Gasteiger partial charge in [0.05, 0.1) is 0 Å². The highest BCUT2D eigenvalue weighted by Crippen LogP contribution is 2.35. The van der Waals surface area contributed by atoms with Crippen LogP contribution in [-0.2, 0) is 9.59 Å². The van der Waals surface area contributed by atoms with Gasteiger partial charge in [-0.1, -0.05) is 24.3 Å². The molecular formula is C18H18N2O2. The quantitative estimate of drug-likeness (QED) is 0.906. The molecule has 2 aromatic carbocycles. The third-order valence-electron chi connectivity index (χ3n) is 4.33. The first-order chi connectivity index (χ1) is 10.7. The Morgan fingerprint density at radius 2 is 1.14 bits per heavy atom. The van der Waals surface area contributed by atoms with Gasteiger partial charge in [0.15, 0.2) is 0 Å². The smallest absolute Gasteiger partial charge is 0.227 e. The summed E-state index contributed by atoms with van der Waals surface area (Å²) in [6.07, 6.45) is 3.94. The van der Waals surface area contributed by atoms with E-state index in [0.717, 1.165) is 47.8 Å². The molecule has 0 bridgehead atoms. The predicted octanol–water partition coefficient (Wildman–Crippen LogP) is 3.54. The first-order valence-electron chi connectivity index (χ1n) is 7.86. The van der Waals surface area contributed by atoms with Crippen molar-refractivity contribution >= 4 is 34.0 Å². The second-order valence-electron chi connectivity index (χ2n) is 6.23. The highest BCUT2D eigenvalue weighted by atomic mass is 16.2. The van der Waals surface area contributed by atoms with Gasteiger partial charge in [0.25, 0.3) is 0 Å². The highest BCUT2D eigenvalue weighted by Gasteiger charge is 2.30. The van der Waals surface area contributed by atoms with E-state index in [1.165, 1.54) is 0 Å². The number of carbonyl (C=O) groups is 2. The number of benzene rings is 2. The number of fused-ring (bicyclic) bond motifs is 1. The largest absolute Gasteiger partial charge is 0.325 e. The highest BCUT2D eigenvalue weighted by molar-refractivity contribution is 6.09. The normalized spacial score (nSPS) is 17.3. The van der Waals surface area contributed by atoms with Crippen LogP contribution in [0, 0.1) is 11.8 Å². The van der Waals surface area contributed by atoms with Gasteiger partial charge in [-0.15, -0.1) is 0 Å². The van der Waals surface area contributed by atoms with Crippen LogP contribution in [0.3, 0.4) is 0 Å². The standard InChI is InChI=1S/C18H18N2O2/c21-17(11-7-8-11)19-15-5-1-3-13-14(15)4-2-6-16(13)20-18(22)12-9-10-12/h1-6,11-12H,7-10H2,(H,19,21)(H,20,22). The molecular weight excluding hydrogens is 276 g/mol. The number of hydrogen-bond donors (Lipinski definition) is 2. The van der Waals surface area contributed by atoms with Gasteiger partial charge in [-0.05, 0) is 37.8 Å². The second kappa shape index (κ2) is 5.13. The van der Waals surface area contributed by atoms with Crippen molar-refractivity contribution in [2.75, 3.05) is 10.6 Å². The number of anilines is 2. The van der Waals surface area contributed by atoms with Crippen molar-refractivity contribution in [3.63, 3.8) is 0 Å². The van der Waals surface area contributed by atoms with Crippen LogP contribution in [0.5, 0.6) is 0 Å². The van der Waals surface area contributed by atoms with Crippen LogP contribution >= 0.6 is 0 Å². The Bertz CT molecular complexity index is 696. The molecule has 2 aliphatic carbocycles. The molecule has 2 N–H and O–H groups in total. The fourth-order valence-corrected chi connectivity index (χ4v) is 2.69. The van der Waals surface area contributed by atoms with Crippen LogP contribution < -0.4 is 10.6 Å². The van der Waals surface area contributed by atoms with Crippen molar-refractivity contribution in [2.45, 2.75) is 25.7 Å². The molecule has 0 aliphatic heterocycles. The summed E-state index contributed by atoms with van der Waals surface area (Å²) in [4.78, 5) is 24.0. The lowest BCUT2D eigenvalue weighted by Crippen LogP contribution is -2.14. The number of carbonyl (C=O) groups excluding carboxylic acids is 2. The number of amides is 2. The van der Waals surface area contributed by atoms with Crippen molar-refractivity contribution in [3.05, 3.63) is 36.4 Å². The molecule has 4 nitrogen and oxygen atoms in total. The molecule has 0 heterocycles. The third-order valence-corrected chi connectivity index (χ3v) is 4.33. The van der Waals surface area contributed by atoms with Crippen LogP contribution in [0.4, 0.5) is 11.4 Å². The first kappa shape index (κ1) is 13.3. The lowest BCUT2D eigenvalue weighted by Gasteiger charge is -2.12. The fourth-order valence-electron chi connectivity index (χ4n) is 2.69. The zero-order chi connectivity index (χ0) is 15.1. The molecule has 0 radical (unpaired) electrons. The Balaban J connectivity index is 1.67. The van der Waals surface area contributed by atoms with Crippen molar-refractivity contribution in [3.8, 4) is 0 Å². The molecule has 2 aliphatic rings. The van der Waals surface area contributed by atoms with Crippen LogP contribution in [0.25, 0.3) is 10.8 Å². The molecule has 4 rings (SSSR count). The Kier molecular flexibility index (Phi) is 3.10. The van der Waals surface area contributed by atoms with Crippen molar-refractivity contribution < 1.29 is 9.59 Å². The van der Waals surface area contributed by atoms with Crippen LogP contribution in [0.15, 0.2) is 36.4 Å². The van der Waals surface area contributed by atoms with Crippen molar-refractivity contribution in [1.82, 2.24) is 0 Å². The van der Waals surface area contributed by atoms with E-state index in [-0.39, 0.29) is 23.7 Å². The topological polar surface area (TPSA) is 58.2 Å². The lowest BCUT2D eigenvalue weighted by molar-refractivity contribution is -0.118. The molecule has 0 saturated heterocycles. The molecule has 2 amide bonds. The Morgan fingerprint density at radius 3 is 1.50 bits per heavy atom. The summed E-state index contributed by atoms with van der Waals surface area (Å²) in [6, 6.07) is 11.6. The van der Waals surface area contributed by atoms with Gasteiger partial charge in [0, 0.05) is 34.0 Å². The Hall–Kier alpha value is -2.36. The Labute approximate surface area is 128 Å². The summed E-state index contributed by atoms with van der Waals surface area (Å²) in [7, 11) is 0. The minimum atomic E-state index is 0.0971. The van der Waals surface area contributed by atoms with Crippen LogP contribution in [0.2, 0.25) is 0 Å². The molecule has 0 aromatic heterocycles. The first-order valence-corrected chi connectivity index (χ1v) is 7.86. The number of rotatable bonds is 4. The summed E-state index contributed by atoms with van der Waals surface area (Å²) in [6.45, 7) is 0. The molecule has 22 heavy (non-hydrogen) atoms. The van der Waals surface area contributed by atoms with Crippen molar-refractivity contribution in [2.24, 2.45) is 11.8 Å². The van der Waals surface area contributed by atoms with Gasteiger partial charge in [0.1, 0.15) is 0 Å². The number of hydrogen-bond acceptors (Lipinski definition) is 2. The van der Waals surface area contributed by atoms with Crippen LogP contribution in [0.1, 0.15) is 25.7 Å². The molecule has 0 spiro atoms. The molecule has 112 valence electrons. The average molecular weight is 294 g/mol. The predicted molar refractivity (Wildman–Crippen MR) is 86.7 cm³/mol. The van der Waals surface area contributed by atoms with Gasteiger partial charge < -0.3 is 10.6 Å². The van der Waals surface area contributed by atoms with E-state index in [0.29, 0.717) is 0 Å². The van der Waals surface area contributed by atoms with Crippen LogP contribution in [-0.4, -0.2) is 11.8 Å². The minimum absolute atomic E-state index is 0.0971. The summed E-state index contributed by atoms with van der Waals surface area (Å²) < 4.78 is 0. The molecule has 2 aromatic rings. The summed E-state index contributed by atoms with van der Waals surface area (Å²) in [5.41, 5.74) is 1.63. The van der Waals surface area contributed by atoms with E-state index < -0.39 is 0 Å². The van der Waals surface area contributed by atoms with E-state index in [1.807, 2.05) is 36.4 Å². The molecule has 2 fully saturated rings. The van der Waals surface area contributed by atoms with Gasteiger partial charge >= 0.3 is 0 Å². The Morgan fingerprint density at radius 1 is 0.727 bits per heavy atom. The molecule has 2 saturated carbocycles. The van der Waals surface area contributed by atoms with Gasteiger partial charge in [0.2, 0.25) is 11.8 Å². The fraction of sp³-hybridized carbons (Fsp3) is 0.333. The van der Waals surface area contributed by atoms with E-state index >= 15 is 0 Å². The zero-order valence-electron chi connectivity index (χ0n) is 12.3. The minimum Gasteiger partial charge on any atom is -0.325 e. The summed E-state index contributed by atoms with van der Waals surface area (Å²) in [5, 5.41) is 7.95. The lowest BCUT2D eigenvalue weighted by atomic mass is 10.1.